The van der Waals surface area contributed by atoms with Gasteiger partial charge < -0.3 is 15.2 Å². The number of thioether (sulfide) groups is 1. The van der Waals surface area contributed by atoms with Crippen LogP contribution in [0.5, 0.6) is 11.5 Å². The molecule has 0 spiro atoms. The first-order valence-electron chi connectivity index (χ1n) is 8.55. The van der Waals surface area contributed by atoms with Crippen LogP contribution in [-0.4, -0.2) is 26.5 Å². The summed E-state index contributed by atoms with van der Waals surface area (Å²) in [4.78, 5) is 0.244. The first-order valence-corrected chi connectivity index (χ1v) is 5.87. The molecular formula is C13H22ClNO2S. The van der Waals surface area contributed by atoms with Gasteiger partial charge in [-0.1, -0.05) is 6.85 Å². The van der Waals surface area contributed by atoms with E-state index >= 15 is 0 Å². The molecule has 0 aliphatic carbocycles. The van der Waals surface area contributed by atoms with E-state index in [2.05, 4.69) is 0 Å². The molecule has 104 valence electrons. The Morgan fingerprint density at radius 2 is 2.06 bits per heavy atom. The summed E-state index contributed by atoms with van der Waals surface area (Å²) in [6.07, 6.45) is -2.54. The smallest absolute Gasteiger partial charge is 0.132 e. The lowest BCUT2D eigenvalue weighted by atomic mass is 10.1. The van der Waals surface area contributed by atoms with Gasteiger partial charge in [0.15, 0.2) is 0 Å². The molecule has 0 aromatic heterocycles. The lowest BCUT2D eigenvalue weighted by Gasteiger charge is -2.14. The van der Waals surface area contributed by atoms with Crippen LogP contribution in [0.25, 0.3) is 0 Å². The van der Waals surface area contributed by atoms with Crippen molar-refractivity contribution in [1.82, 2.24) is 0 Å². The largest absolute Gasteiger partial charge is 0.496 e. The number of halogens is 1. The Morgan fingerprint density at radius 1 is 1.33 bits per heavy atom. The maximum atomic E-state index is 7.93. The van der Waals surface area contributed by atoms with Crippen LogP contribution in [-0.2, 0) is 6.42 Å². The summed E-state index contributed by atoms with van der Waals surface area (Å²) in [5.74, 6) is 0.753. The Morgan fingerprint density at radius 3 is 2.61 bits per heavy atom. The summed E-state index contributed by atoms with van der Waals surface area (Å²) in [5, 5.41) is 0. The molecule has 0 atom stereocenters. The zero-order chi connectivity index (χ0) is 18.8. The van der Waals surface area contributed by atoms with Crippen LogP contribution in [0.3, 0.4) is 0 Å². The highest BCUT2D eigenvalue weighted by Gasteiger charge is 2.10. The SMILES string of the molecule is Cl.[2H]C([2H])([2H])C([2H])([2H])C([2H])([2H])Sc1cc(OC)c(CCN)cc1OC. The van der Waals surface area contributed by atoms with E-state index in [1.807, 2.05) is 0 Å². The monoisotopic (exact) mass is 298 g/mol. The number of hydrogen-bond donors (Lipinski definition) is 1. The van der Waals surface area contributed by atoms with Crippen molar-refractivity contribution >= 4 is 24.2 Å². The Kier molecular flexibility index (Phi) is 4.45. The van der Waals surface area contributed by atoms with Gasteiger partial charge in [0.2, 0.25) is 0 Å². The van der Waals surface area contributed by atoms with Gasteiger partial charge in [-0.05, 0) is 42.7 Å². The Hall–Kier alpha value is -0.580. The van der Waals surface area contributed by atoms with Crippen molar-refractivity contribution < 1.29 is 19.1 Å². The average molecular weight is 299 g/mol. The van der Waals surface area contributed by atoms with Gasteiger partial charge in [-0.15, -0.1) is 24.2 Å². The molecule has 18 heavy (non-hydrogen) atoms. The molecule has 0 saturated carbocycles. The van der Waals surface area contributed by atoms with Crippen molar-refractivity contribution in [2.24, 2.45) is 5.73 Å². The van der Waals surface area contributed by atoms with Crippen molar-refractivity contribution in [1.29, 1.82) is 0 Å². The molecular weight excluding hydrogens is 270 g/mol. The fraction of sp³-hybridized carbons (Fsp3) is 0.538. The maximum Gasteiger partial charge on any atom is 0.132 e. The average Bonchev–Trinajstić information content (AvgIpc) is 2.46. The van der Waals surface area contributed by atoms with Crippen molar-refractivity contribution in [3.63, 3.8) is 0 Å². The van der Waals surface area contributed by atoms with Gasteiger partial charge in [0.25, 0.3) is 0 Å². The molecule has 1 rings (SSSR count). The standard InChI is InChI=1S/C13H21NO2S.ClH/c1-4-7-17-13-9-11(15-2)10(5-6-14)8-12(13)16-3;/h8-9H,4-7,14H2,1-3H3;1H/i1D3,4D2,7D2;. The van der Waals surface area contributed by atoms with E-state index in [0.29, 0.717) is 36.2 Å². The molecule has 3 nitrogen and oxygen atoms in total. The van der Waals surface area contributed by atoms with Gasteiger partial charge in [-0.3, -0.25) is 0 Å². The Balaban J connectivity index is 0.00000576. The number of hydrogen-bond acceptors (Lipinski definition) is 4. The summed E-state index contributed by atoms with van der Waals surface area (Å²) < 4.78 is 63.5. The molecule has 0 bridgehead atoms. The minimum absolute atomic E-state index is 0. The molecule has 0 amide bonds. The normalized spacial score (nSPS) is 17.8. The first kappa shape index (κ1) is 8.56. The third kappa shape index (κ3) is 4.59. The lowest BCUT2D eigenvalue weighted by Crippen LogP contribution is -2.05. The number of benzene rings is 1. The first-order chi connectivity index (χ1) is 10.9. The number of rotatable bonds is 7. The predicted molar refractivity (Wildman–Crippen MR) is 80.6 cm³/mol. The second-order valence-electron chi connectivity index (χ2n) is 3.18. The third-order valence-corrected chi connectivity index (χ3v) is 2.94. The predicted octanol–water partition coefficient (Wildman–Crippen LogP) is 3.13. The van der Waals surface area contributed by atoms with Gasteiger partial charge in [-0.25, -0.2) is 0 Å². The van der Waals surface area contributed by atoms with Crippen LogP contribution in [0.1, 0.15) is 28.4 Å². The Bertz CT molecular complexity index is 584. The quantitative estimate of drug-likeness (QED) is 0.786. The Labute approximate surface area is 130 Å². The topological polar surface area (TPSA) is 44.5 Å². The molecule has 2 N–H and O–H groups in total. The molecule has 0 unspecified atom stereocenters. The molecule has 0 aliphatic heterocycles. The van der Waals surface area contributed by atoms with E-state index < -0.39 is 18.9 Å². The van der Waals surface area contributed by atoms with Gasteiger partial charge in [0, 0.05) is 9.60 Å². The van der Waals surface area contributed by atoms with Gasteiger partial charge in [0.1, 0.15) is 11.5 Å². The van der Waals surface area contributed by atoms with Crippen molar-refractivity contribution in [2.75, 3.05) is 26.5 Å². The summed E-state index contributed by atoms with van der Waals surface area (Å²) >= 11 is 0.449. The fourth-order valence-corrected chi connectivity index (χ4v) is 2.01. The minimum Gasteiger partial charge on any atom is -0.496 e. The summed E-state index contributed by atoms with van der Waals surface area (Å²) in [5.41, 5.74) is 3.59. The van der Waals surface area contributed by atoms with Crippen LogP contribution in [0.15, 0.2) is 17.0 Å². The zero-order valence-electron chi connectivity index (χ0n) is 17.3. The summed E-state index contributed by atoms with van der Waals surface area (Å²) in [6, 6.07) is 3.14. The third-order valence-electron chi connectivity index (χ3n) is 2.19. The van der Waals surface area contributed by atoms with E-state index in [0.717, 1.165) is 5.56 Å². The summed E-state index contributed by atoms with van der Waals surface area (Å²) in [6.45, 7) is -2.73. The van der Waals surface area contributed by atoms with Crippen LogP contribution in [0.2, 0.25) is 0 Å². The van der Waals surface area contributed by atoms with Gasteiger partial charge >= 0.3 is 0 Å². The van der Waals surface area contributed by atoms with Crippen molar-refractivity contribution in [3.05, 3.63) is 17.7 Å². The molecule has 1 aromatic carbocycles. The van der Waals surface area contributed by atoms with Crippen LogP contribution >= 0.6 is 24.2 Å². The highest BCUT2D eigenvalue weighted by Crippen LogP contribution is 2.36. The lowest BCUT2D eigenvalue weighted by molar-refractivity contribution is 0.390. The van der Waals surface area contributed by atoms with Crippen molar-refractivity contribution in [2.45, 2.75) is 24.5 Å². The van der Waals surface area contributed by atoms with Crippen LogP contribution in [0, 0.1) is 0 Å². The highest BCUT2D eigenvalue weighted by atomic mass is 35.5. The molecule has 0 heterocycles. The highest BCUT2D eigenvalue weighted by molar-refractivity contribution is 7.99. The van der Waals surface area contributed by atoms with Crippen molar-refractivity contribution in [3.8, 4) is 11.5 Å². The minimum atomic E-state index is -3.11. The molecule has 0 saturated heterocycles. The van der Waals surface area contributed by atoms with E-state index in [1.165, 1.54) is 20.3 Å². The van der Waals surface area contributed by atoms with Gasteiger partial charge in [0.05, 0.1) is 19.1 Å². The fourth-order valence-electron chi connectivity index (χ4n) is 1.44. The molecule has 0 fully saturated rings. The molecule has 5 heteroatoms. The van der Waals surface area contributed by atoms with E-state index in [-0.39, 0.29) is 17.3 Å². The van der Waals surface area contributed by atoms with Gasteiger partial charge in [-0.2, -0.15) is 0 Å². The van der Waals surface area contributed by atoms with Crippen LogP contribution in [0.4, 0.5) is 0 Å². The summed E-state index contributed by atoms with van der Waals surface area (Å²) in [7, 11) is 2.85. The zero-order valence-corrected chi connectivity index (χ0v) is 11.9. The number of nitrogens with two attached hydrogens (primary N) is 1. The molecule has 0 radical (unpaired) electrons. The van der Waals surface area contributed by atoms with Crippen LogP contribution < -0.4 is 15.2 Å². The van der Waals surface area contributed by atoms with E-state index in [1.54, 1.807) is 6.07 Å². The molecule has 0 aliphatic rings. The maximum absolute atomic E-state index is 7.93. The second-order valence-corrected chi connectivity index (χ2v) is 4.03. The number of methoxy groups -OCH3 is 2. The second kappa shape index (κ2) is 9.36. The molecule has 1 aromatic rings. The van der Waals surface area contributed by atoms with E-state index in [9.17, 15) is 0 Å². The number of ether oxygens (including phenoxy) is 2. The van der Waals surface area contributed by atoms with E-state index in [4.69, 9.17) is 24.8 Å².